The molecule has 0 spiro atoms. The van der Waals surface area contributed by atoms with E-state index in [2.05, 4.69) is 4.98 Å². The Morgan fingerprint density at radius 2 is 2.04 bits per heavy atom. The number of hydrogen-bond acceptors (Lipinski definition) is 5. The molecule has 23 heavy (non-hydrogen) atoms. The zero-order valence-corrected chi connectivity index (χ0v) is 14.0. The quantitative estimate of drug-likeness (QED) is 0.489. The number of ether oxygens (including phenoxy) is 1. The van der Waals surface area contributed by atoms with Gasteiger partial charge in [-0.15, -0.1) is 0 Å². The van der Waals surface area contributed by atoms with E-state index in [1.807, 2.05) is 18.4 Å². The summed E-state index contributed by atoms with van der Waals surface area (Å²) in [5, 5.41) is 0.743. The van der Waals surface area contributed by atoms with Crippen molar-refractivity contribution in [3.63, 3.8) is 0 Å². The van der Waals surface area contributed by atoms with Gasteiger partial charge in [0.2, 0.25) is 0 Å². The summed E-state index contributed by atoms with van der Waals surface area (Å²) in [6, 6.07) is 7.11. The average Bonchev–Trinajstić information content (AvgIpc) is 3.05. The van der Waals surface area contributed by atoms with Crippen LogP contribution in [-0.2, 0) is 24.1 Å². The third-order valence-corrected chi connectivity index (χ3v) is 4.73. The molecule has 6 heteroatoms. The highest BCUT2D eigenvalue weighted by Gasteiger charge is 2.20. The molecule has 1 aromatic carbocycles. The van der Waals surface area contributed by atoms with Gasteiger partial charge in [0.25, 0.3) is 5.56 Å². The lowest BCUT2D eigenvalue weighted by molar-refractivity contribution is 0.0600. The molecule has 2 aromatic rings. The fourth-order valence-electron chi connectivity index (χ4n) is 2.85. The number of rotatable bonds is 4. The van der Waals surface area contributed by atoms with Gasteiger partial charge in [-0.2, -0.15) is 0 Å². The molecule has 1 heterocycles. The van der Waals surface area contributed by atoms with Gasteiger partial charge in [0.15, 0.2) is 5.16 Å². The molecular weight excluding hydrogens is 312 g/mol. The predicted molar refractivity (Wildman–Crippen MR) is 89.2 cm³/mol. The molecule has 120 valence electrons. The first-order chi connectivity index (χ1) is 11.1. The van der Waals surface area contributed by atoms with Crippen LogP contribution < -0.4 is 5.56 Å². The van der Waals surface area contributed by atoms with Crippen molar-refractivity contribution in [3.05, 3.63) is 57.0 Å². The molecule has 0 aliphatic heterocycles. The summed E-state index contributed by atoms with van der Waals surface area (Å²) in [5.41, 5.74) is 3.33. The maximum atomic E-state index is 12.7. The normalized spacial score (nSPS) is 13.0. The van der Waals surface area contributed by atoms with Crippen LogP contribution in [0.1, 0.15) is 33.6 Å². The number of nitrogens with zero attached hydrogens (tertiary/aromatic N) is 2. The van der Waals surface area contributed by atoms with Crippen molar-refractivity contribution in [2.75, 3.05) is 13.4 Å². The van der Waals surface area contributed by atoms with Crippen molar-refractivity contribution in [2.45, 2.75) is 31.0 Å². The zero-order chi connectivity index (χ0) is 16.4. The molecule has 5 nitrogen and oxygen atoms in total. The Bertz CT molecular complexity index is 797. The van der Waals surface area contributed by atoms with E-state index in [-0.39, 0.29) is 11.5 Å². The maximum Gasteiger partial charge on any atom is 0.337 e. The van der Waals surface area contributed by atoms with Gasteiger partial charge in [-0.1, -0.05) is 23.9 Å². The lowest BCUT2D eigenvalue weighted by atomic mass is 10.1. The summed E-state index contributed by atoms with van der Waals surface area (Å²) in [6.07, 6.45) is 4.65. The van der Waals surface area contributed by atoms with Gasteiger partial charge < -0.3 is 4.74 Å². The minimum absolute atomic E-state index is 0.0638. The highest BCUT2D eigenvalue weighted by atomic mass is 32.2. The van der Waals surface area contributed by atoms with Crippen molar-refractivity contribution in [1.82, 2.24) is 9.55 Å². The molecule has 1 aliphatic rings. The maximum absolute atomic E-state index is 12.7. The predicted octanol–water partition coefficient (Wildman–Crippen LogP) is 2.29. The van der Waals surface area contributed by atoms with Gasteiger partial charge >= 0.3 is 5.97 Å². The molecule has 0 bridgehead atoms. The molecule has 3 rings (SSSR count). The molecule has 0 fully saturated rings. The van der Waals surface area contributed by atoms with Gasteiger partial charge in [-0.25, -0.2) is 9.78 Å². The number of benzene rings is 1. The highest BCUT2D eigenvalue weighted by molar-refractivity contribution is 7.98. The van der Waals surface area contributed by atoms with Crippen LogP contribution in [0.3, 0.4) is 0 Å². The molecule has 0 N–H and O–H groups in total. The van der Waals surface area contributed by atoms with E-state index in [0.29, 0.717) is 12.1 Å². The number of aromatic nitrogens is 2. The lowest BCUT2D eigenvalue weighted by Crippen LogP contribution is -2.27. The summed E-state index contributed by atoms with van der Waals surface area (Å²) in [7, 11) is 1.36. The van der Waals surface area contributed by atoms with E-state index in [1.54, 1.807) is 16.7 Å². The molecule has 1 aliphatic carbocycles. The largest absolute Gasteiger partial charge is 0.465 e. The summed E-state index contributed by atoms with van der Waals surface area (Å²) < 4.78 is 6.42. The fourth-order valence-corrected chi connectivity index (χ4v) is 3.42. The number of carbonyl (C=O) groups is 1. The number of aryl methyl sites for hydroxylation is 1. The van der Waals surface area contributed by atoms with Crippen LogP contribution in [0.2, 0.25) is 0 Å². The van der Waals surface area contributed by atoms with E-state index in [4.69, 9.17) is 4.74 Å². The van der Waals surface area contributed by atoms with Crippen LogP contribution >= 0.6 is 11.8 Å². The summed E-state index contributed by atoms with van der Waals surface area (Å²) in [6.45, 7) is 0.455. The van der Waals surface area contributed by atoms with E-state index in [0.717, 1.165) is 41.2 Å². The monoisotopic (exact) mass is 330 g/mol. The Morgan fingerprint density at radius 1 is 1.30 bits per heavy atom. The second-order valence-electron chi connectivity index (χ2n) is 5.46. The van der Waals surface area contributed by atoms with Crippen LogP contribution in [0.15, 0.2) is 34.2 Å². The minimum atomic E-state index is -0.363. The molecular formula is C17H18N2O3S. The van der Waals surface area contributed by atoms with E-state index in [9.17, 15) is 9.59 Å². The number of carbonyl (C=O) groups excluding carboxylic acids is 1. The van der Waals surface area contributed by atoms with Gasteiger partial charge in [0.1, 0.15) is 0 Å². The zero-order valence-electron chi connectivity index (χ0n) is 13.2. The Kier molecular flexibility index (Phi) is 4.52. The van der Waals surface area contributed by atoms with E-state index in [1.165, 1.54) is 18.9 Å². The fraction of sp³-hybridized carbons (Fsp3) is 0.353. The van der Waals surface area contributed by atoms with Gasteiger partial charge in [0, 0.05) is 5.56 Å². The SMILES string of the molecule is COC(=O)c1ccc(Cn2c(SC)nc3c(c2=O)CCC3)cc1. The highest BCUT2D eigenvalue weighted by Crippen LogP contribution is 2.21. The second kappa shape index (κ2) is 6.58. The number of thioether (sulfide) groups is 1. The first-order valence-electron chi connectivity index (χ1n) is 7.48. The van der Waals surface area contributed by atoms with Crippen molar-refractivity contribution in [2.24, 2.45) is 0 Å². The van der Waals surface area contributed by atoms with Gasteiger partial charge in [-0.05, 0) is 43.2 Å². The number of esters is 1. The second-order valence-corrected chi connectivity index (χ2v) is 6.23. The first-order valence-corrected chi connectivity index (χ1v) is 8.70. The van der Waals surface area contributed by atoms with E-state index < -0.39 is 0 Å². The Balaban J connectivity index is 1.94. The lowest BCUT2D eigenvalue weighted by Gasteiger charge is -2.13. The first kappa shape index (κ1) is 15.8. The van der Waals surface area contributed by atoms with Gasteiger partial charge in [-0.3, -0.25) is 9.36 Å². The van der Waals surface area contributed by atoms with E-state index >= 15 is 0 Å². The third kappa shape index (κ3) is 3.03. The molecule has 0 radical (unpaired) electrons. The standard InChI is InChI=1S/C17H18N2O3S/c1-22-16(21)12-8-6-11(7-9-12)10-19-15(20)13-4-3-5-14(13)18-17(19)23-2/h6-9H,3-5,10H2,1-2H3. The number of methoxy groups -OCH3 is 1. The van der Waals surface area contributed by atoms with Crippen molar-refractivity contribution < 1.29 is 9.53 Å². The third-order valence-electron chi connectivity index (χ3n) is 4.05. The molecule has 0 saturated heterocycles. The van der Waals surface area contributed by atoms with Crippen molar-refractivity contribution >= 4 is 17.7 Å². The Labute approximate surface area is 138 Å². The van der Waals surface area contributed by atoms with Crippen LogP contribution in [0.4, 0.5) is 0 Å². The molecule has 1 aromatic heterocycles. The minimum Gasteiger partial charge on any atom is -0.465 e. The van der Waals surface area contributed by atoms with Crippen LogP contribution in [-0.4, -0.2) is 28.9 Å². The molecule has 0 unspecified atom stereocenters. The van der Waals surface area contributed by atoms with Crippen molar-refractivity contribution in [3.8, 4) is 0 Å². The average molecular weight is 330 g/mol. The molecule has 0 amide bonds. The van der Waals surface area contributed by atoms with Crippen molar-refractivity contribution in [1.29, 1.82) is 0 Å². The molecule has 0 saturated carbocycles. The van der Waals surface area contributed by atoms with Crippen LogP contribution in [0, 0.1) is 0 Å². The summed E-state index contributed by atoms with van der Waals surface area (Å²) >= 11 is 1.48. The van der Waals surface area contributed by atoms with Crippen LogP contribution in [0.25, 0.3) is 0 Å². The Hall–Kier alpha value is -2.08. The number of fused-ring (bicyclic) bond motifs is 1. The number of hydrogen-bond donors (Lipinski definition) is 0. The van der Waals surface area contributed by atoms with Crippen LogP contribution in [0.5, 0.6) is 0 Å². The Morgan fingerprint density at radius 3 is 2.70 bits per heavy atom. The molecule has 0 atom stereocenters. The smallest absolute Gasteiger partial charge is 0.337 e. The summed E-state index contributed by atoms with van der Waals surface area (Å²) in [4.78, 5) is 28.8. The van der Waals surface area contributed by atoms with Gasteiger partial charge in [0.05, 0.1) is 24.9 Å². The topological polar surface area (TPSA) is 61.2 Å². The summed E-state index contributed by atoms with van der Waals surface area (Å²) in [5.74, 6) is -0.363.